The van der Waals surface area contributed by atoms with E-state index in [0.29, 0.717) is 5.92 Å². The Labute approximate surface area is 142 Å². The second-order valence-corrected chi connectivity index (χ2v) is 8.27. The molecule has 1 atom stereocenters. The van der Waals surface area contributed by atoms with Crippen molar-refractivity contribution in [3.63, 3.8) is 0 Å². The lowest BCUT2D eigenvalue weighted by Gasteiger charge is -2.53. The second-order valence-electron chi connectivity index (χ2n) is 8.27. The highest BCUT2D eigenvalue weighted by atomic mass is 16.7. The van der Waals surface area contributed by atoms with Crippen LogP contribution < -0.4 is 0 Å². The Morgan fingerprint density at radius 3 is 2.17 bits per heavy atom. The third-order valence-corrected chi connectivity index (χ3v) is 4.87. The molecule has 0 amide bonds. The van der Waals surface area contributed by atoms with Gasteiger partial charge in [0, 0.05) is 30.8 Å². The van der Waals surface area contributed by atoms with Crippen LogP contribution in [0.15, 0.2) is 0 Å². The maximum atomic E-state index is 11.3. The van der Waals surface area contributed by atoms with Crippen molar-refractivity contribution in [3.05, 3.63) is 0 Å². The summed E-state index contributed by atoms with van der Waals surface area (Å²) in [6.45, 7) is 15.5. The first kappa shape index (κ1) is 20.4. The van der Waals surface area contributed by atoms with Gasteiger partial charge in [0.2, 0.25) is 0 Å². The van der Waals surface area contributed by atoms with Gasteiger partial charge in [0.1, 0.15) is 6.10 Å². The molecule has 1 aliphatic heterocycles. The fourth-order valence-electron chi connectivity index (χ4n) is 3.92. The van der Waals surface area contributed by atoms with Gasteiger partial charge in [-0.3, -0.25) is 9.63 Å². The summed E-state index contributed by atoms with van der Waals surface area (Å²) in [6.07, 6.45) is 6.48. The van der Waals surface area contributed by atoms with Gasteiger partial charge in [-0.25, -0.2) is 0 Å². The Balaban J connectivity index is 2.71. The zero-order valence-corrected chi connectivity index (χ0v) is 16.3. The molecule has 23 heavy (non-hydrogen) atoms. The lowest BCUT2D eigenvalue weighted by atomic mass is 9.80. The van der Waals surface area contributed by atoms with E-state index in [1.807, 2.05) is 0 Å². The monoisotopic (exact) mass is 327 g/mol. The van der Waals surface area contributed by atoms with Gasteiger partial charge < -0.3 is 4.74 Å². The van der Waals surface area contributed by atoms with Crippen LogP contribution >= 0.6 is 0 Å². The van der Waals surface area contributed by atoms with Crippen LogP contribution in [0.25, 0.3) is 0 Å². The standard InChI is InChI=1S/C19H37NO3/c1-8-10-11-16(9-2)14-22-20-18(4,5)12-17(23-15(3)21)13-19(20,6)7/h16-17H,8-14H2,1-7H3. The lowest BCUT2D eigenvalue weighted by molar-refractivity contribution is -0.298. The normalized spacial score (nSPS) is 22.7. The quantitative estimate of drug-likeness (QED) is 0.605. The van der Waals surface area contributed by atoms with Gasteiger partial charge in [-0.2, -0.15) is 5.06 Å². The highest BCUT2D eigenvalue weighted by molar-refractivity contribution is 5.66. The Hall–Kier alpha value is -0.610. The van der Waals surface area contributed by atoms with Crippen molar-refractivity contribution in [2.75, 3.05) is 6.61 Å². The maximum Gasteiger partial charge on any atom is 0.302 e. The average Bonchev–Trinajstić information content (AvgIpc) is 2.38. The highest BCUT2D eigenvalue weighted by Crippen LogP contribution is 2.40. The Morgan fingerprint density at radius 1 is 1.17 bits per heavy atom. The molecule has 1 heterocycles. The van der Waals surface area contributed by atoms with Crippen LogP contribution in [0.4, 0.5) is 0 Å². The number of carbonyl (C=O) groups is 1. The van der Waals surface area contributed by atoms with Gasteiger partial charge in [-0.05, 0) is 40.0 Å². The van der Waals surface area contributed by atoms with Crippen LogP contribution in [0.3, 0.4) is 0 Å². The summed E-state index contributed by atoms with van der Waals surface area (Å²) in [7, 11) is 0. The molecule has 4 heteroatoms. The predicted octanol–water partition coefficient (Wildman–Crippen LogP) is 4.72. The molecule has 0 spiro atoms. The molecule has 0 saturated carbocycles. The second kappa shape index (κ2) is 8.48. The molecule has 0 N–H and O–H groups in total. The van der Waals surface area contributed by atoms with Crippen molar-refractivity contribution in [1.29, 1.82) is 0 Å². The largest absolute Gasteiger partial charge is 0.462 e. The first-order valence-corrected chi connectivity index (χ1v) is 9.22. The minimum Gasteiger partial charge on any atom is -0.462 e. The summed E-state index contributed by atoms with van der Waals surface area (Å²) >= 11 is 0. The Kier molecular flexibility index (Phi) is 7.53. The van der Waals surface area contributed by atoms with E-state index in [2.05, 4.69) is 46.6 Å². The number of hydrogen-bond donors (Lipinski definition) is 0. The topological polar surface area (TPSA) is 38.8 Å². The third kappa shape index (κ3) is 6.07. The molecule has 0 radical (unpaired) electrons. The molecule has 1 aliphatic rings. The van der Waals surface area contributed by atoms with Crippen LogP contribution in [0.5, 0.6) is 0 Å². The lowest BCUT2D eigenvalue weighted by Crippen LogP contribution is -2.62. The van der Waals surface area contributed by atoms with Crippen LogP contribution in [0.1, 0.15) is 87.0 Å². The predicted molar refractivity (Wildman–Crippen MR) is 94.0 cm³/mol. The fraction of sp³-hybridized carbons (Fsp3) is 0.947. The maximum absolute atomic E-state index is 11.3. The van der Waals surface area contributed by atoms with Crippen LogP contribution in [-0.2, 0) is 14.4 Å². The van der Waals surface area contributed by atoms with E-state index in [1.54, 1.807) is 0 Å². The molecule has 4 nitrogen and oxygen atoms in total. The summed E-state index contributed by atoms with van der Waals surface area (Å²) in [6, 6.07) is 0. The molecule has 1 rings (SSSR count). The Morgan fingerprint density at radius 2 is 1.74 bits per heavy atom. The van der Waals surface area contributed by atoms with Crippen LogP contribution in [0.2, 0.25) is 0 Å². The number of unbranched alkanes of at least 4 members (excludes halogenated alkanes) is 1. The van der Waals surface area contributed by atoms with Gasteiger partial charge in [-0.15, -0.1) is 0 Å². The minimum atomic E-state index is -0.193. The SMILES string of the molecule is CCCCC(CC)CON1C(C)(C)CC(OC(C)=O)CC1(C)C. The molecule has 1 unspecified atom stereocenters. The van der Waals surface area contributed by atoms with E-state index < -0.39 is 0 Å². The fourth-order valence-corrected chi connectivity index (χ4v) is 3.92. The molecule has 0 bridgehead atoms. The first-order chi connectivity index (χ1) is 10.6. The summed E-state index contributed by atoms with van der Waals surface area (Å²) in [5.74, 6) is 0.425. The van der Waals surface area contributed by atoms with E-state index in [4.69, 9.17) is 9.57 Å². The van der Waals surface area contributed by atoms with E-state index in [-0.39, 0.29) is 23.2 Å². The van der Waals surface area contributed by atoms with E-state index in [0.717, 1.165) is 25.9 Å². The summed E-state index contributed by atoms with van der Waals surface area (Å²) in [4.78, 5) is 17.6. The van der Waals surface area contributed by atoms with Crippen molar-refractivity contribution in [1.82, 2.24) is 5.06 Å². The molecule has 0 aromatic rings. The zero-order valence-electron chi connectivity index (χ0n) is 16.3. The number of carbonyl (C=O) groups excluding carboxylic acids is 1. The van der Waals surface area contributed by atoms with E-state index in [9.17, 15) is 4.79 Å². The molecule has 0 aromatic heterocycles. The van der Waals surface area contributed by atoms with Crippen molar-refractivity contribution in [2.45, 2.75) is 104 Å². The molecular formula is C19H37NO3. The van der Waals surface area contributed by atoms with Crippen molar-refractivity contribution in [2.24, 2.45) is 5.92 Å². The number of rotatable bonds is 8. The van der Waals surface area contributed by atoms with Gasteiger partial charge in [0.05, 0.1) is 6.61 Å². The molecule has 0 aromatic carbocycles. The summed E-state index contributed by atoms with van der Waals surface area (Å²) in [5.41, 5.74) is -0.296. The number of nitrogens with zero attached hydrogens (tertiary/aromatic N) is 1. The number of esters is 1. The van der Waals surface area contributed by atoms with Crippen molar-refractivity contribution < 1.29 is 14.4 Å². The minimum absolute atomic E-state index is 0.0283. The summed E-state index contributed by atoms with van der Waals surface area (Å²) < 4.78 is 5.49. The molecular weight excluding hydrogens is 290 g/mol. The number of hydrogen-bond acceptors (Lipinski definition) is 4. The van der Waals surface area contributed by atoms with Crippen LogP contribution in [0, 0.1) is 5.92 Å². The van der Waals surface area contributed by atoms with E-state index >= 15 is 0 Å². The summed E-state index contributed by atoms with van der Waals surface area (Å²) in [5, 5.41) is 2.16. The van der Waals surface area contributed by atoms with Gasteiger partial charge >= 0.3 is 5.97 Å². The molecule has 1 saturated heterocycles. The van der Waals surface area contributed by atoms with Gasteiger partial charge in [0.25, 0.3) is 0 Å². The smallest absolute Gasteiger partial charge is 0.302 e. The molecule has 136 valence electrons. The van der Waals surface area contributed by atoms with Gasteiger partial charge in [-0.1, -0.05) is 33.1 Å². The first-order valence-electron chi connectivity index (χ1n) is 9.22. The van der Waals surface area contributed by atoms with Crippen molar-refractivity contribution >= 4 is 5.97 Å². The van der Waals surface area contributed by atoms with Crippen molar-refractivity contribution in [3.8, 4) is 0 Å². The highest BCUT2D eigenvalue weighted by Gasteiger charge is 2.47. The van der Waals surface area contributed by atoms with Gasteiger partial charge in [0.15, 0.2) is 0 Å². The molecule has 1 fully saturated rings. The number of hydroxylamine groups is 2. The average molecular weight is 328 g/mol. The number of ether oxygens (including phenoxy) is 1. The number of piperidine rings is 1. The third-order valence-electron chi connectivity index (χ3n) is 4.87. The van der Waals surface area contributed by atoms with E-state index in [1.165, 1.54) is 26.2 Å². The van der Waals surface area contributed by atoms with Crippen LogP contribution in [-0.4, -0.2) is 34.8 Å². The molecule has 0 aliphatic carbocycles. The zero-order chi connectivity index (χ0) is 17.7. The Bertz CT molecular complexity index is 361.